The first kappa shape index (κ1) is 13.4. The van der Waals surface area contributed by atoms with Crippen molar-refractivity contribution in [2.75, 3.05) is 5.75 Å². The van der Waals surface area contributed by atoms with Crippen LogP contribution in [0.3, 0.4) is 0 Å². The molecule has 6 heteroatoms. The number of aromatic nitrogens is 1. The van der Waals surface area contributed by atoms with Gasteiger partial charge in [-0.3, -0.25) is 4.79 Å². The lowest BCUT2D eigenvalue weighted by molar-refractivity contribution is -0.389. The Bertz CT molecular complexity index is 429. The van der Waals surface area contributed by atoms with E-state index in [2.05, 4.69) is 4.98 Å². The predicted molar refractivity (Wildman–Crippen MR) is 67.7 cm³/mol. The van der Waals surface area contributed by atoms with E-state index in [9.17, 15) is 14.9 Å². The van der Waals surface area contributed by atoms with Crippen molar-refractivity contribution in [3.8, 4) is 0 Å². The third-order valence-corrected chi connectivity index (χ3v) is 2.70. The lowest BCUT2D eigenvalue weighted by Gasteiger charge is -1.93. The summed E-state index contributed by atoms with van der Waals surface area (Å²) in [7, 11) is 0. The number of nitrogens with zero attached hydrogens (tertiary/aromatic N) is 2. The third kappa shape index (κ3) is 5.26. The third-order valence-electron chi connectivity index (χ3n) is 1.86. The number of allylic oxidation sites excluding steroid dienone is 1. The van der Waals surface area contributed by atoms with Gasteiger partial charge in [-0.15, -0.1) is 0 Å². The quantitative estimate of drug-likeness (QED) is 0.457. The first-order valence-electron chi connectivity index (χ1n) is 5.00. The Kier molecular flexibility index (Phi) is 5.35. The molecule has 1 heterocycles. The first-order valence-corrected chi connectivity index (χ1v) is 5.98. The van der Waals surface area contributed by atoms with Gasteiger partial charge in [0, 0.05) is 24.3 Å². The van der Waals surface area contributed by atoms with Crippen LogP contribution in [0.4, 0.5) is 5.82 Å². The highest BCUT2D eigenvalue weighted by Crippen LogP contribution is 2.10. The van der Waals surface area contributed by atoms with Crippen LogP contribution in [0.25, 0.3) is 6.08 Å². The smallest absolute Gasteiger partial charge is 0.358 e. The molecule has 0 fully saturated rings. The van der Waals surface area contributed by atoms with Crippen molar-refractivity contribution in [3.05, 3.63) is 40.1 Å². The molecule has 1 rings (SSSR count). The van der Waals surface area contributed by atoms with Crippen LogP contribution in [-0.2, 0) is 4.79 Å². The van der Waals surface area contributed by atoms with Crippen molar-refractivity contribution in [1.82, 2.24) is 4.98 Å². The molecule has 0 saturated heterocycles. The Morgan fingerprint density at radius 2 is 2.35 bits per heavy atom. The lowest BCUT2D eigenvalue weighted by Crippen LogP contribution is -1.90. The lowest BCUT2D eigenvalue weighted by atomic mass is 10.2. The molecule has 1 aromatic rings. The first-order chi connectivity index (χ1) is 8.09. The molecule has 0 aliphatic rings. The SMILES string of the molecule is CC(=O)SCCC=Cc1ccc([N+](=O)[O-])nc1. The second-order valence-electron chi connectivity index (χ2n) is 3.24. The number of nitro groups is 1. The van der Waals surface area contributed by atoms with E-state index in [4.69, 9.17) is 0 Å². The van der Waals surface area contributed by atoms with E-state index in [0.717, 1.165) is 17.7 Å². The van der Waals surface area contributed by atoms with E-state index in [1.807, 2.05) is 12.2 Å². The number of carbonyl (C=O) groups is 1. The van der Waals surface area contributed by atoms with Crippen LogP contribution in [0.1, 0.15) is 18.9 Å². The van der Waals surface area contributed by atoms with Gasteiger partial charge in [0.25, 0.3) is 0 Å². The maximum absolute atomic E-state index is 10.6. The highest BCUT2D eigenvalue weighted by molar-refractivity contribution is 8.13. The fraction of sp³-hybridized carbons (Fsp3) is 0.273. The summed E-state index contributed by atoms with van der Waals surface area (Å²) in [5, 5.41) is 10.5. The van der Waals surface area contributed by atoms with Crippen LogP contribution in [0.15, 0.2) is 24.4 Å². The van der Waals surface area contributed by atoms with Crippen LogP contribution in [0, 0.1) is 10.1 Å². The molecule has 0 unspecified atom stereocenters. The van der Waals surface area contributed by atoms with Gasteiger partial charge in [-0.25, -0.2) is 0 Å². The average molecular weight is 252 g/mol. The molecule has 0 bridgehead atoms. The normalized spacial score (nSPS) is 10.6. The zero-order valence-electron chi connectivity index (χ0n) is 9.33. The number of hydrogen-bond donors (Lipinski definition) is 0. The summed E-state index contributed by atoms with van der Waals surface area (Å²) in [6, 6.07) is 3.00. The van der Waals surface area contributed by atoms with Crippen molar-refractivity contribution < 1.29 is 9.72 Å². The molecular formula is C11H12N2O3S. The molecule has 0 amide bonds. The molecule has 0 saturated carbocycles. The topological polar surface area (TPSA) is 73.1 Å². The predicted octanol–water partition coefficient (Wildman–Crippen LogP) is 2.67. The molecule has 90 valence electrons. The Balaban J connectivity index is 2.43. The highest BCUT2D eigenvalue weighted by Gasteiger charge is 2.04. The Morgan fingerprint density at radius 1 is 1.59 bits per heavy atom. The fourth-order valence-electron chi connectivity index (χ4n) is 1.09. The van der Waals surface area contributed by atoms with E-state index in [-0.39, 0.29) is 10.9 Å². The highest BCUT2D eigenvalue weighted by atomic mass is 32.2. The summed E-state index contributed by atoms with van der Waals surface area (Å²) >= 11 is 1.28. The molecule has 17 heavy (non-hydrogen) atoms. The summed E-state index contributed by atoms with van der Waals surface area (Å²) < 4.78 is 0. The van der Waals surface area contributed by atoms with Crippen LogP contribution < -0.4 is 0 Å². The van der Waals surface area contributed by atoms with E-state index in [1.54, 1.807) is 6.07 Å². The maximum Gasteiger partial charge on any atom is 0.363 e. The number of thioether (sulfide) groups is 1. The summed E-state index contributed by atoms with van der Waals surface area (Å²) in [6.45, 7) is 1.54. The van der Waals surface area contributed by atoms with E-state index < -0.39 is 4.92 Å². The van der Waals surface area contributed by atoms with Crippen molar-refractivity contribution in [3.63, 3.8) is 0 Å². The number of pyridine rings is 1. The van der Waals surface area contributed by atoms with Gasteiger partial charge in [-0.2, -0.15) is 0 Å². The summed E-state index contributed by atoms with van der Waals surface area (Å²) in [5.74, 6) is 0.584. The Hall–Kier alpha value is -1.69. The van der Waals surface area contributed by atoms with E-state index in [0.29, 0.717) is 0 Å². The molecule has 0 aromatic carbocycles. The van der Waals surface area contributed by atoms with Crippen LogP contribution >= 0.6 is 11.8 Å². The van der Waals surface area contributed by atoms with Crippen molar-refractivity contribution >= 4 is 28.8 Å². The van der Waals surface area contributed by atoms with Crippen molar-refractivity contribution in [2.24, 2.45) is 0 Å². The summed E-state index contributed by atoms with van der Waals surface area (Å²) in [4.78, 5) is 24.2. The number of hydrogen-bond acceptors (Lipinski definition) is 5. The maximum atomic E-state index is 10.6. The summed E-state index contributed by atoms with van der Waals surface area (Å²) in [6.07, 6.45) is 5.98. The van der Waals surface area contributed by atoms with Gasteiger partial charge in [0.2, 0.25) is 0 Å². The molecule has 1 aromatic heterocycles. The van der Waals surface area contributed by atoms with Gasteiger partial charge in [-0.1, -0.05) is 23.9 Å². The van der Waals surface area contributed by atoms with Gasteiger partial charge < -0.3 is 10.1 Å². The number of carbonyl (C=O) groups excluding carboxylic acids is 1. The minimum absolute atomic E-state index is 0.107. The van der Waals surface area contributed by atoms with Gasteiger partial charge >= 0.3 is 5.82 Å². The standard InChI is InChI=1S/C11H12N2O3S/c1-9(14)17-7-3-2-4-10-5-6-11(12-8-10)13(15)16/h2,4-6,8H,3,7H2,1H3. The van der Waals surface area contributed by atoms with E-state index >= 15 is 0 Å². The molecule has 0 atom stereocenters. The van der Waals surface area contributed by atoms with E-state index in [1.165, 1.54) is 30.9 Å². The minimum Gasteiger partial charge on any atom is -0.358 e. The summed E-state index contributed by atoms with van der Waals surface area (Å²) in [5.41, 5.74) is 0.809. The van der Waals surface area contributed by atoms with Crippen LogP contribution in [-0.4, -0.2) is 20.8 Å². The molecule has 0 radical (unpaired) electrons. The minimum atomic E-state index is -0.531. The van der Waals surface area contributed by atoms with Crippen molar-refractivity contribution in [1.29, 1.82) is 0 Å². The molecule has 0 N–H and O–H groups in total. The zero-order chi connectivity index (χ0) is 12.7. The molecule has 0 aliphatic heterocycles. The average Bonchev–Trinajstić information content (AvgIpc) is 2.29. The number of rotatable bonds is 5. The van der Waals surface area contributed by atoms with Gasteiger partial charge in [0.15, 0.2) is 5.12 Å². The second-order valence-corrected chi connectivity index (χ2v) is 4.51. The van der Waals surface area contributed by atoms with Gasteiger partial charge in [0.05, 0.1) is 0 Å². The second kappa shape index (κ2) is 6.80. The van der Waals surface area contributed by atoms with Gasteiger partial charge in [0.1, 0.15) is 6.20 Å². The largest absolute Gasteiger partial charge is 0.363 e. The van der Waals surface area contributed by atoms with Gasteiger partial charge in [-0.05, 0) is 22.4 Å². The molecule has 0 aliphatic carbocycles. The molecule has 0 spiro atoms. The molecular weight excluding hydrogens is 240 g/mol. The Morgan fingerprint density at radius 3 is 2.88 bits per heavy atom. The Labute approximate surface area is 103 Å². The van der Waals surface area contributed by atoms with Crippen LogP contribution in [0.2, 0.25) is 0 Å². The monoisotopic (exact) mass is 252 g/mol. The van der Waals surface area contributed by atoms with Crippen LogP contribution in [0.5, 0.6) is 0 Å². The fourth-order valence-corrected chi connectivity index (χ4v) is 1.64. The van der Waals surface area contributed by atoms with Crippen molar-refractivity contribution in [2.45, 2.75) is 13.3 Å². The zero-order valence-corrected chi connectivity index (χ0v) is 10.1. The molecule has 5 nitrogen and oxygen atoms in total.